The van der Waals surface area contributed by atoms with E-state index in [0.29, 0.717) is 0 Å². The van der Waals surface area contributed by atoms with Gasteiger partial charge in [-0.2, -0.15) is 0 Å². The van der Waals surface area contributed by atoms with Crippen molar-refractivity contribution in [1.29, 1.82) is 0 Å². The highest BCUT2D eigenvalue weighted by atomic mass is 14.1. The third-order valence-corrected chi connectivity index (χ3v) is 4.76. The van der Waals surface area contributed by atoms with E-state index in [9.17, 15) is 0 Å². The van der Waals surface area contributed by atoms with Gasteiger partial charge >= 0.3 is 0 Å². The zero-order chi connectivity index (χ0) is 16.9. The molecule has 0 aromatic heterocycles. The average molecular weight is 314 g/mol. The molecule has 24 heavy (non-hydrogen) atoms. The summed E-state index contributed by atoms with van der Waals surface area (Å²) in [6.07, 6.45) is 3.50. The van der Waals surface area contributed by atoms with Gasteiger partial charge in [-0.1, -0.05) is 77.9 Å². The summed E-state index contributed by atoms with van der Waals surface area (Å²) in [7, 11) is 0. The lowest BCUT2D eigenvalue weighted by Gasteiger charge is -2.08. The fraction of sp³-hybridized carbons (Fsp3) is 0.250. The van der Waals surface area contributed by atoms with Crippen molar-refractivity contribution in [3.63, 3.8) is 0 Å². The summed E-state index contributed by atoms with van der Waals surface area (Å²) >= 11 is 0. The van der Waals surface area contributed by atoms with Gasteiger partial charge in [-0.15, -0.1) is 0 Å². The second-order valence-corrected chi connectivity index (χ2v) is 6.85. The summed E-state index contributed by atoms with van der Waals surface area (Å²) in [6.45, 7) is 6.51. The fourth-order valence-electron chi connectivity index (χ4n) is 3.16. The van der Waals surface area contributed by atoms with Crippen LogP contribution in [-0.2, 0) is 12.8 Å². The van der Waals surface area contributed by atoms with Crippen LogP contribution in [0.25, 0.3) is 11.1 Å². The third kappa shape index (κ3) is 4.14. The summed E-state index contributed by atoms with van der Waals surface area (Å²) in [5.41, 5.74) is 9.59. The van der Waals surface area contributed by atoms with Crippen molar-refractivity contribution >= 4 is 0 Å². The normalized spacial score (nSPS) is 10.8. The first-order valence-corrected chi connectivity index (χ1v) is 8.84. The Bertz CT molecular complexity index is 792. The van der Waals surface area contributed by atoms with Crippen LogP contribution >= 0.6 is 0 Å². The molecule has 0 N–H and O–H groups in total. The Kier molecular flexibility index (Phi) is 5.15. The molecule has 3 rings (SSSR count). The Morgan fingerprint density at radius 3 is 1.83 bits per heavy atom. The van der Waals surface area contributed by atoms with Crippen LogP contribution in [0.4, 0.5) is 0 Å². The molecule has 0 heterocycles. The van der Waals surface area contributed by atoms with Gasteiger partial charge in [0.25, 0.3) is 0 Å². The Morgan fingerprint density at radius 2 is 1.17 bits per heavy atom. The molecule has 3 aromatic rings. The zero-order valence-corrected chi connectivity index (χ0v) is 15.0. The van der Waals surface area contributed by atoms with E-state index >= 15 is 0 Å². The minimum absolute atomic E-state index is 1.14. The first kappa shape index (κ1) is 16.5. The van der Waals surface area contributed by atoms with Crippen LogP contribution in [0.1, 0.15) is 34.2 Å². The van der Waals surface area contributed by atoms with Crippen molar-refractivity contribution in [2.75, 3.05) is 0 Å². The van der Waals surface area contributed by atoms with E-state index in [1.807, 2.05) is 0 Å². The van der Waals surface area contributed by atoms with E-state index in [0.717, 1.165) is 12.8 Å². The predicted octanol–water partition coefficient (Wildman–Crippen LogP) is 6.45. The second kappa shape index (κ2) is 7.49. The molecule has 0 saturated carbocycles. The molecule has 0 aliphatic carbocycles. The molecule has 0 fully saturated rings. The van der Waals surface area contributed by atoms with Gasteiger partial charge in [-0.3, -0.25) is 0 Å². The lowest BCUT2D eigenvalue weighted by molar-refractivity contribution is 0.815. The minimum Gasteiger partial charge on any atom is -0.0590 e. The van der Waals surface area contributed by atoms with Gasteiger partial charge in [-0.25, -0.2) is 0 Å². The Hall–Kier alpha value is -2.34. The topological polar surface area (TPSA) is 0 Å². The van der Waals surface area contributed by atoms with Gasteiger partial charge in [-0.05, 0) is 67.9 Å². The van der Waals surface area contributed by atoms with E-state index in [-0.39, 0.29) is 0 Å². The monoisotopic (exact) mass is 314 g/mol. The first-order valence-electron chi connectivity index (χ1n) is 8.84. The molecule has 0 saturated heterocycles. The summed E-state index contributed by atoms with van der Waals surface area (Å²) < 4.78 is 0. The smallest absolute Gasteiger partial charge is 0.0184 e. The Labute approximate surface area is 146 Å². The van der Waals surface area contributed by atoms with Crippen molar-refractivity contribution in [3.05, 3.63) is 94.5 Å². The van der Waals surface area contributed by atoms with Crippen molar-refractivity contribution < 1.29 is 0 Å². The van der Waals surface area contributed by atoms with Crippen molar-refractivity contribution in [2.24, 2.45) is 0 Å². The molecule has 0 unspecified atom stereocenters. The van der Waals surface area contributed by atoms with Crippen molar-refractivity contribution in [1.82, 2.24) is 0 Å². The van der Waals surface area contributed by atoms with Gasteiger partial charge in [0.2, 0.25) is 0 Å². The SMILES string of the molecule is Cc1ccc(-c2ccc(CCCc3cc(C)ccc3C)cc2)cc1. The van der Waals surface area contributed by atoms with Crippen LogP contribution in [0.2, 0.25) is 0 Å². The van der Waals surface area contributed by atoms with E-state index < -0.39 is 0 Å². The maximum Gasteiger partial charge on any atom is -0.0184 e. The third-order valence-electron chi connectivity index (χ3n) is 4.76. The number of rotatable bonds is 5. The van der Waals surface area contributed by atoms with Gasteiger partial charge in [0.05, 0.1) is 0 Å². The van der Waals surface area contributed by atoms with Crippen LogP contribution in [0.15, 0.2) is 66.7 Å². The van der Waals surface area contributed by atoms with E-state index in [2.05, 4.69) is 87.5 Å². The molecule has 0 atom stereocenters. The number of aryl methyl sites for hydroxylation is 5. The molecule has 0 heteroatoms. The lowest BCUT2D eigenvalue weighted by Crippen LogP contribution is -1.94. The van der Waals surface area contributed by atoms with Gasteiger partial charge < -0.3 is 0 Å². The summed E-state index contributed by atoms with van der Waals surface area (Å²) in [5, 5.41) is 0. The largest absolute Gasteiger partial charge is 0.0590 e. The molecule has 0 nitrogen and oxygen atoms in total. The minimum atomic E-state index is 1.14. The molecule has 122 valence electrons. The molecule has 0 aliphatic heterocycles. The van der Waals surface area contributed by atoms with Gasteiger partial charge in [0, 0.05) is 0 Å². The Morgan fingerprint density at radius 1 is 0.583 bits per heavy atom. The lowest BCUT2D eigenvalue weighted by atomic mass is 9.97. The molecular formula is C24H26. The van der Waals surface area contributed by atoms with E-state index in [4.69, 9.17) is 0 Å². The molecule has 0 amide bonds. The zero-order valence-electron chi connectivity index (χ0n) is 15.0. The molecule has 0 radical (unpaired) electrons. The maximum absolute atomic E-state index is 2.33. The summed E-state index contributed by atoms with van der Waals surface area (Å²) in [5.74, 6) is 0. The highest BCUT2D eigenvalue weighted by Crippen LogP contribution is 2.21. The number of benzene rings is 3. The number of hydrogen-bond acceptors (Lipinski definition) is 0. The molecule has 3 aromatic carbocycles. The standard InChI is InChI=1S/C24H26/c1-18-8-13-22(14-9-18)23-15-11-21(12-16-23)5-4-6-24-17-19(2)7-10-20(24)3/h7-17H,4-6H2,1-3H3. The average Bonchev–Trinajstić information content (AvgIpc) is 2.59. The van der Waals surface area contributed by atoms with E-state index in [1.54, 1.807) is 0 Å². The highest BCUT2D eigenvalue weighted by Gasteiger charge is 2.01. The highest BCUT2D eigenvalue weighted by molar-refractivity contribution is 5.63. The van der Waals surface area contributed by atoms with Gasteiger partial charge in [0.1, 0.15) is 0 Å². The van der Waals surface area contributed by atoms with Crippen molar-refractivity contribution in [3.8, 4) is 11.1 Å². The summed E-state index contributed by atoms with van der Waals surface area (Å²) in [4.78, 5) is 0. The predicted molar refractivity (Wildman–Crippen MR) is 105 cm³/mol. The van der Waals surface area contributed by atoms with Crippen LogP contribution in [0.3, 0.4) is 0 Å². The fourth-order valence-corrected chi connectivity index (χ4v) is 3.16. The summed E-state index contributed by atoms with van der Waals surface area (Å²) in [6, 6.07) is 24.6. The van der Waals surface area contributed by atoms with E-state index in [1.165, 1.54) is 45.4 Å². The number of hydrogen-bond donors (Lipinski definition) is 0. The van der Waals surface area contributed by atoms with Gasteiger partial charge in [0.15, 0.2) is 0 Å². The molecular weight excluding hydrogens is 288 g/mol. The van der Waals surface area contributed by atoms with Crippen LogP contribution < -0.4 is 0 Å². The maximum atomic E-state index is 2.33. The van der Waals surface area contributed by atoms with Crippen molar-refractivity contribution in [2.45, 2.75) is 40.0 Å². The molecule has 0 aliphatic rings. The Balaban J connectivity index is 1.60. The van der Waals surface area contributed by atoms with Crippen LogP contribution in [-0.4, -0.2) is 0 Å². The van der Waals surface area contributed by atoms with Crippen LogP contribution in [0.5, 0.6) is 0 Å². The molecule has 0 spiro atoms. The van der Waals surface area contributed by atoms with Crippen LogP contribution in [0, 0.1) is 20.8 Å². The first-order chi connectivity index (χ1) is 11.6. The molecule has 0 bridgehead atoms. The second-order valence-electron chi connectivity index (χ2n) is 6.85. The quantitative estimate of drug-likeness (QED) is 0.507.